The molecule has 1 amide bonds. The summed E-state index contributed by atoms with van der Waals surface area (Å²) in [5, 5.41) is 0. The van der Waals surface area contributed by atoms with Crippen molar-refractivity contribution in [2.24, 2.45) is 0 Å². The number of nitrogens with two attached hydrogens (primary N) is 1. The number of aromatic nitrogens is 4. The van der Waals surface area contributed by atoms with Crippen molar-refractivity contribution in [1.29, 1.82) is 0 Å². The van der Waals surface area contributed by atoms with Crippen molar-refractivity contribution in [2.45, 2.75) is 0 Å². The third-order valence-corrected chi connectivity index (χ3v) is 5.41. The van der Waals surface area contributed by atoms with E-state index in [-0.39, 0.29) is 17.6 Å². The molecule has 2 N–H and O–H groups in total. The first kappa shape index (κ1) is 19.1. The predicted octanol–water partition coefficient (Wildman–Crippen LogP) is 2.32. The van der Waals surface area contributed by atoms with Crippen LogP contribution < -0.4 is 5.73 Å². The molecule has 0 bridgehead atoms. The van der Waals surface area contributed by atoms with Gasteiger partial charge in [0.15, 0.2) is 17.1 Å². The van der Waals surface area contributed by atoms with Crippen LogP contribution in [0.3, 0.4) is 0 Å². The standard InChI is InChI=1S/C22H21N7O2/c1-28-8-10-29(11-9-28)22(30)15-4-2-14(3-5-15)16-13-25-20(23)19(26-16)21-27-17-12-24-7-6-18(17)31-21/h2-7,12-13H,8-11H2,1H3,(H2,23,25)/i2+1,3+1,4+1,5+1,14+1,15+1. The van der Waals surface area contributed by atoms with E-state index in [1.54, 1.807) is 24.7 Å². The number of fused-ring (bicyclic) bond motifs is 1. The number of hydrogen-bond acceptors (Lipinski definition) is 8. The lowest BCUT2D eigenvalue weighted by Crippen LogP contribution is -2.47. The number of benzene rings is 1. The largest absolute Gasteiger partial charge is 0.434 e. The first-order chi connectivity index (χ1) is 15.1. The molecule has 9 nitrogen and oxygen atoms in total. The van der Waals surface area contributed by atoms with Gasteiger partial charge in [0.1, 0.15) is 5.52 Å². The summed E-state index contributed by atoms with van der Waals surface area (Å²) in [5.74, 6) is 0.561. The number of carbonyl (C=O) groups excluding carboxylic acids is 1. The van der Waals surface area contributed by atoms with E-state index >= 15 is 0 Å². The molecule has 1 aliphatic heterocycles. The van der Waals surface area contributed by atoms with Gasteiger partial charge in [0, 0.05) is 49.6 Å². The fourth-order valence-electron chi connectivity index (χ4n) is 3.55. The fourth-order valence-corrected chi connectivity index (χ4v) is 3.55. The summed E-state index contributed by atoms with van der Waals surface area (Å²) in [5.41, 5.74) is 9.71. The Morgan fingerprint density at radius 2 is 1.81 bits per heavy atom. The van der Waals surface area contributed by atoms with Crippen LogP contribution in [-0.4, -0.2) is 68.9 Å². The van der Waals surface area contributed by atoms with Gasteiger partial charge in [-0.1, -0.05) is 12.1 Å². The van der Waals surface area contributed by atoms with Crippen molar-refractivity contribution in [3.8, 4) is 22.8 Å². The molecule has 9 heteroatoms. The molecular formula is C22H21N7O2. The summed E-state index contributed by atoms with van der Waals surface area (Å²) < 4.78 is 5.76. The second kappa shape index (κ2) is 7.77. The van der Waals surface area contributed by atoms with Gasteiger partial charge >= 0.3 is 0 Å². The first-order valence-electron chi connectivity index (χ1n) is 10.0. The molecule has 3 aromatic heterocycles. The van der Waals surface area contributed by atoms with Gasteiger partial charge in [-0.25, -0.2) is 15.0 Å². The monoisotopic (exact) mass is 421 g/mol. The minimum absolute atomic E-state index is 0.0452. The van der Waals surface area contributed by atoms with Crippen molar-refractivity contribution >= 4 is 22.8 Å². The summed E-state index contributed by atoms with van der Waals surface area (Å²) in [6, 6.07) is 9.10. The average Bonchev–Trinajstić information content (AvgIpc) is 3.24. The zero-order valence-corrected chi connectivity index (χ0v) is 17.0. The molecule has 1 aliphatic rings. The second-order valence-electron chi connectivity index (χ2n) is 7.52. The van der Waals surface area contributed by atoms with Crippen molar-refractivity contribution in [1.82, 2.24) is 29.7 Å². The highest BCUT2D eigenvalue weighted by molar-refractivity contribution is 5.94. The maximum absolute atomic E-state index is 12.8. The van der Waals surface area contributed by atoms with E-state index in [2.05, 4.69) is 31.9 Å². The number of nitrogen functional groups attached to an aromatic ring is 1. The molecule has 1 saturated heterocycles. The minimum atomic E-state index is 0.0452. The Kier molecular flexibility index (Phi) is 4.79. The summed E-state index contributed by atoms with van der Waals surface area (Å²) in [6.07, 6.45) is 4.85. The molecule has 4 aromatic rings. The van der Waals surface area contributed by atoms with Crippen molar-refractivity contribution in [3.63, 3.8) is 0 Å². The highest BCUT2D eigenvalue weighted by Gasteiger charge is 2.20. The predicted molar refractivity (Wildman–Crippen MR) is 116 cm³/mol. The molecular weight excluding hydrogens is 400 g/mol. The number of oxazole rings is 1. The van der Waals surface area contributed by atoms with Crippen LogP contribution in [0.15, 0.2) is 53.3 Å². The molecule has 0 radical (unpaired) electrons. The molecule has 31 heavy (non-hydrogen) atoms. The van der Waals surface area contributed by atoms with Crippen LogP contribution in [-0.2, 0) is 0 Å². The Balaban J connectivity index is 1.41. The van der Waals surface area contributed by atoms with E-state index in [0.717, 1.165) is 31.7 Å². The van der Waals surface area contributed by atoms with E-state index in [0.29, 0.717) is 28.1 Å². The zero-order chi connectivity index (χ0) is 21.4. The van der Waals surface area contributed by atoms with Gasteiger partial charge in [-0.3, -0.25) is 9.78 Å². The van der Waals surface area contributed by atoms with Gasteiger partial charge in [-0.05, 0) is 19.2 Å². The van der Waals surface area contributed by atoms with Crippen LogP contribution >= 0.6 is 0 Å². The summed E-state index contributed by atoms with van der Waals surface area (Å²) in [4.78, 5) is 34.2. The number of amides is 1. The van der Waals surface area contributed by atoms with Crippen molar-refractivity contribution in [3.05, 3.63) is 54.5 Å². The smallest absolute Gasteiger partial charge is 0.253 e. The molecule has 0 spiro atoms. The van der Waals surface area contributed by atoms with Gasteiger partial charge in [0.2, 0.25) is 5.89 Å². The molecule has 5 rings (SSSR count). The van der Waals surface area contributed by atoms with E-state index in [1.165, 1.54) is 0 Å². The summed E-state index contributed by atoms with van der Waals surface area (Å²) in [6.45, 7) is 3.26. The number of piperazine rings is 1. The van der Waals surface area contributed by atoms with Crippen LogP contribution in [0.5, 0.6) is 0 Å². The quantitative estimate of drug-likeness (QED) is 0.536. The number of likely N-dealkylation sites (N-methyl/N-ethyl adjacent to an activating group) is 1. The SMILES string of the molecule is CN1CCN(C(=O)[13c]2[13cH][13cH][13c](-c3cnc(N)c(-c4nc5cnccc5o4)n3)[13cH][13cH]2)CC1. The lowest BCUT2D eigenvalue weighted by Gasteiger charge is -2.32. The molecule has 1 aromatic carbocycles. The zero-order valence-electron chi connectivity index (χ0n) is 17.0. The van der Waals surface area contributed by atoms with Crippen molar-refractivity contribution in [2.75, 3.05) is 39.0 Å². The lowest BCUT2D eigenvalue weighted by atomic mass is 10.3. The highest BCUT2D eigenvalue weighted by atomic mass is 16.3. The lowest BCUT2D eigenvalue weighted by molar-refractivity contribution is 0.0664. The third kappa shape index (κ3) is 3.71. The van der Waals surface area contributed by atoms with Crippen LogP contribution in [0.2, 0.25) is 0 Å². The topological polar surface area (TPSA) is 114 Å². The summed E-state index contributed by atoms with van der Waals surface area (Å²) in [7, 11) is 2.07. The summed E-state index contributed by atoms with van der Waals surface area (Å²) >= 11 is 0. The molecule has 4 heterocycles. The Labute approximate surface area is 178 Å². The number of pyridine rings is 1. The van der Waals surface area contributed by atoms with E-state index in [1.807, 2.05) is 29.2 Å². The molecule has 0 saturated carbocycles. The molecule has 156 valence electrons. The van der Waals surface area contributed by atoms with E-state index < -0.39 is 0 Å². The number of carbonyl (C=O) groups is 1. The third-order valence-electron chi connectivity index (χ3n) is 5.41. The van der Waals surface area contributed by atoms with Gasteiger partial charge in [-0.2, -0.15) is 0 Å². The van der Waals surface area contributed by atoms with Gasteiger partial charge in [0.05, 0.1) is 18.1 Å². The Bertz CT molecular complexity index is 1210. The molecule has 1 fully saturated rings. The van der Waals surface area contributed by atoms with Gasteiger partial charge in [-0.15, -0.1) is 0 Å². The second-order valence-corrected chi connectivity index (χ2v) is 7.52. The van der Waals surface area contributed by atoms with E-state index in [4.69, 9.17) is 10.2 Å². The number of hydrogen-bond donors (Lipinski definition) is 1. The number of rotatable bonds is 3. The van der Waals surface area contributed by atoms with Crippen LogP contribution in [0, 0.1) is 0 Å². The van der Waals surface area contributed by atoms with Gasteiger partial charge < -0.3 is 20.0 Å². The maximum Gasteiger partial charge on any atom is 0.253 e. The molecule has 0 unspecified atom stereocenters. The number of anilines is 1. The van der Waals surface area contributed by atoms with Crippen LogP contribution in [0.4, 0.5) is 5.82 Å². The number of nitrogens with zero attached hydrogens (tertiary/aromatic N) is 6. The normalized spacial score (nSPS) is 14.8. The Morgan fingerprint density at radius 3 is 2.55 bits per heavy atom. The van der Waals surface area contributed by atoms with Crippen molar-refractivity contribution < 1.29 is 9.21 Å². The maximum atomic E-state index is 12.8. The first-order valence-corrected chi connectivity index (χ1v) is 10.0. The fraction of sp³-hybridized carbons (Fsp3) is 0.227. The highest BCUT2D eigenvalue weighted by Crippen LogP contribution is 2.28. The Morgan fingerprint density at radius 1 is 1.03 bits per heavy atom. The van der Waals surface area contributed by atoms with Gasteiger partial charge in [0.25, 0.3) is 5.91 Å². The Hall–Kier alpha value is -3.85. The molecule has 0 aliphatic carbocycles. The van der Waals surface area contributed by atoms with Crippen LogP contribution in [0.1, 0.15) is 10.4 Å². The molecule has 0 atom stereocenters. The van der Waals surface area contributed by atoms with E-state index in [9.17, 15) is 4.79 Å². The minimum Gasteiger partial charge on any atom is -0.434 e. The average molecular weight is 421 g/mol. The van der Waals surface area contributed by atoms with Crippen LogP contribution in [0.25, 0.3) is 33.9 Å².